The standard InChI is InChI=1S/C14H23NO4/c1-4-19-12(17)8-6-5-7-9-15-11(16)10-14(2,3)13(15)18/h4-10H2,1-3H3. The molecule has 19 heavy (non-hydrogen) atoms. The Hall–Kier alpha value is -1.39. The summed E-state index contributed by atoms with van der Waals surface area (Å²) in [7, 11) is 0. The molecule has 0 aromatic heterocycles. The second-order valence-electron chi connectivity index (χ2n) is 5.53. The SMILES string of the molecule is CCOC(=O)CCCCCN1C(=O)CC(C)(C)C1=O. The van der Waals surface area contributed by atoms with Crippen LogP contribution in [-0.4, -0.2) is 35.8 Å². The number of carbonyl (C=O) groups excluding carboxylic acids is 3. The van der Waals surface area contributed by atoms with Crippen LogP contribution in [0.4, 0.5) is 0 Å². The van der Waals surface area contributed by atoms with Crippen LogP contribution in [0.15, 0.2) is 0 Å². The third-order valence-corrected chi connectivity index (χ3v) is 3.29. The molecule has 108 valence electrons. The topological polar surface area (TPSA) is 63.7 Å². The number of ether oxygens (including phenoxy) is 1. The molecule has 0 unspecified atom stereocenters. The maximum Gasteiger partial charge on any atom is 0.305 e. The molecule has 1 aliphatic heterocycles. The molecule has 0 spiro atoms. The molecule has 1 saturated heterocycles. The summed E-state index contributed by atoms with van der Waals surface area (Å²) in [6.45, 7) is 6.25. The van der Waals surface area contributed by atoms with E-state index in [1.165, 1.54) is 4.90 Å². The van der Waals surface area contributed by atoms with Gasteiger partial charge in [-0.05, 0) is 19.8 Å². The van der Waals surface area contributed by atoms with Crippen LogP contribution in [0.1, 0.15) is 52.9 Å². The van der Waals surface area contributed by atoms with Crippen molar-refractivity contribution >= 4 is 17.8 Å². The fourth-order valence-corrected chi connectivity index (χ4v) is 2.20. The van der Waals surface area contributed by atoms with Crippen molar-refractivity contribution in [3.05, 3.63) is 0 Å². The molecule has 1 aliphatic rings. The van der Waals surface area contributed by atoms with Gasteiger partial charge in [-0.25, -0.2) is 0 Å². The van der Waals surface area contributed by atoms with E-state index in [4.69, 9.17) is 4.74 Å². The van der Waals surface area contributed by atoms with E-state index >= 15 is 0 Å². The lowest BCUT2D eigenvalue weighted by atomic mass is 9.92. The summed E-state index contributed by atoms with van der Waals surface area (Å²) in [6, 6.07) is 0. The van der Waals surface area contributed by atoms with Crippen molar-refractivity contribution in [2.75, 3.05) is 13.2 Å². The van der Waals surface area contributed by atoms with E-state index in [-0.39, 0.29) is 17.8 Å². The Morgan fingerprint density at radius 3 is 2.47 bits per heavy atom. The summed E-state index contributed by atoms with van der Waals surface area (Å²) in [5.74, 6) is -0.347. The summed E-state index contributed by atoms with van der Waals surface area (Å²) in [4.78, 5) is 36.1. The van der Waals surface area contributed by atoms with Gasteiger partial charge in [0, 0.05) is 19.4 Å². The second-order valence-corrected chi connectivity index (χ2v) is 5.53. The summed E-state index contributed by atoms with van der Waals surface area (Å²) in [5, 5.41) is 0. The predicted molar refractivity (Wildman–Crippen MR) is 70.2 cm³/mol. The van der Waals surface area contributed by atoms with E-state index < -0.39 is 5.41 Å². The first-order valence-corrected chi connectivity index (χ1v) is 6.89. The smallest absolute Gasteiger partial charge is 0.305 e. The van der Waals surface area contributed by atoms with Crippen LogP contribution in [0, 0.1) is 5.41 Å². The molecule has 5 heteroatoms. The molecule has 1 fully saturated rings. The van der Waals surface area contributed by atoms with Crippen LogP contribution in [0.25, 0.3) is 0 Å². The number of unbranched alkanes of at least 4 members (excludes halogenated alkanes) is 2. The third-order valence-electron chi connectivity index (χ3n) is 3.29. The third kappa shape index (κ3) is 4.33. The zero-order valence-electron chi connectivity index (χ0n) is 12.0. The van der Waals surface area contributed by atoms with Crippen molar-refractivity contribution in [3.8, 4) is 0 Å². The van der Waals surface area contributed by atoms with Crippen molar-refractivity contribution in [2.45, 2.75) is 52.9 Å². The van der Waals surface area contributed by atoms with Crippen molar-refractivity contribution in [1.29, 1.82) is 0 Å². The number of rotatable bonds is 7. The van der Waals surface area contributed by atoms with Crippen LogP contribution in [0.5, 0.6) is 0 Å². The zero-order chi connectivity index (χ0) is 14.5. The van der Waals surface area contributed by atoms with Crippen LogP contribution < -0.4 is 0 Å². The molecule has 0 N–H and O–H groups in total. The minimum Gasteiger partial charge on any atom is -0.466 e. The quantitative estimate of drug-likeness (QED) is 0.402. The highest BCUT2D eigenvalue weighted by atomic mass is 16.5. The van der Waals surface area contributed by atoms with Crippen molar-refractivity contribution in [3.63, 3.8) is 0 Å². The first-order valence-electron chi connectivity index (χ1n) is 6.89. The largest absolute Gasteiger partial charge is 0.466 e. The summed E-state index contributed by atoms with van der Waals surface area (Å²) < 4.78 is 4.83. The van der Waals surface area contributed by atoms with E-state index in [0.717, 1.165) is 19.3 Å². The van der Waals surface area contributed by atoms with Gasteiger partial charge in [-0.15, -0.1) is 0 Å². The maximum absolute atomic E-state index is 11.9. The average molecular weight is 269 g/mol. The minimum atomic E-state index is -0.554. The first kappa shape index (κ1) is 15.7. The number of imide groups is 1. The molecule has 5 nitrogen and oxygen atoms in total. The van der Waals surface area contributed by atoms with Gasteiger partial charge in [0.25, 0.3) is 0 Å². The van der Waals surface area contributed by atoms with Gasteiger partial charge < -0.3 is 4.74 Å². The molecule has 2 amide bonds. The number of esters is 1. The normalized spacial score (nSPS) is 17.9. The fraction of sp³-hybridized carbons (Fsp3) is 0.786. The van der Waals surface area contributed by atoms with Crippen molar-refractivity contribution in [1.82, 2.24) is 4.90 Å². The molecule has 0 aromatic carbocycles. The van der Waals surface area contributed by atoms with Gasteiger partial charge in [-0.2, -0.15) is 0 Å². The van der Waals surface area contributed by atoms with Crippen molar-refractivity contribution in [2.24, 2.45) is 5.41 Å². The Labute approximate surface area is 114 Å². The lowest BCUT2D eigenvalue weighted by Crippen LogP contribution is -2.33. The minimum absolute atomic E-state index is 0.0807. The lowest BCUT2D eigenvalue weighted by Gasteiger charge is -2.17. The van der Waals surface area contributed by atoms with Crippen LogP contribution in [-0.2, 0) is 19.1 Å². The highest BCUT2D eigenvalue weighted by Crippen LogP contribution is 2.31. The molecule has 0 radical (unpaired) electrons. The Morgan fingerprint density at radius 2 is 1.95 bits per heavy atom. The van der Waals surface area contributed by atoms with Gasteiger partial charge in [0.15, 0.2) is 0 Å². The highest BCUT2D eigenvalue weighted by molar-refractivity contribution is 6.05. The van der Waals surface area contributed by atoms with E-state index in [9.17, 15) is 14.4 Å². The number of hydrogen-bond donors (Lipinski definition) is 0. The van der Waals surface area contributed by atoms with Crippen LogP contribution in [0.2, 0.25) is 0 Å². The van der Waals surface area contributed by atoms with Gasteiger partial charge in [-0.3, -0.25) is 19.3 Å². The molecule has 1 rings (SSSR count). The van der Waals surface area contributed by atoms with E-state index in [1.807, 2.05) is 0 Å². The number of hydrogen-bond acceptors (Lipinski definition) is 4. The molecule has 0 aromatic rings. The molecule has 0 bridgehead atoms. The first-order chi connectivity index (χ1) is 8.88. The van der Waals surface area contributed by atoms with Crippen molar-refractivity contribution < 1.29 is 19.1 Å². The second kappa shape index (κ2) is 6.68. The van der Waals surface area contributed by atoms with E-state index in [0.29, 0.717) is 26.0 Å². The average Bonchev–Trinajstić information content (AvgIpc) is 2.50. The lowest BCUT2D eigenvalue weighted by molar-refractivity contribution is -0.144. The maximum atomic E-state index is 11.9. The number of carbonyl (C=O) groups is 3. The summed E-state index contributed by atoms with van der Waals surface area (Å²) in [5.41, 5.74) is -0.554. The van der Waals surface area contributed by atoms with Crippen LogP contribution >= 0.6 is 0 Å². The fourth-order valence-electron chi connectivity index (χ4n) is 2.20. The summed E-state index contributed by atoms with van der Waals surface area (Å²) in [6.07, 6.45) is 3.00. The molecule has 0 aliphatic carbocycles. The van der Waals surface area contributed by atoms with E-state index in [1.54, 1.807) is 20.8 Å². The number of likely N-dealkylation sites (tertiary alicyclic amines) is 1. The zero-order valence-corrected chi connectivity index (χ0v) is 12.0. The summed E-state index contributed by atoms with van der Waals surface area (Å²) >= 11 is 0. The molecular weight excluding hydrogens is 246 g/mol. The Morgan fingerprint density at radius 1 is 1.26 bits per heavy atom. The number of nitrogens with zero attached hydrogens (tertiary/aromatic N) is 1. The Balaban J connectivity index is 2.22. The van der Waals surface area contributed by atoms with Gasteiger partial charge in [0.1, 0.15) is 0 Å². The molecule has 0 saturated carbocycles. The highest BCUT2D eigenvalue weighted by Gasteiger charge is 2.44. The molecule has 0 atom stereocenters. The van der Waals surface area contributed by atoms with E-state index in [2.05, 4.69) is 0 Å². The van der Waals surface area contributed by atoms with Gasteiger partial charge >= 0.3 is 5.97 Å². The monoisotopic (exact) mass is 269 g/mol. The van der Waals surface area contributed by atoms with Crippen LogP contribution in [0.3, 0.4) is 0 Å². The Kier molecular flexibility index (Phi) is 5.51. The van der Waals surface area contributed by atoms with Gasteiger partial charge in [-0.1, -0.05) is 20.3 Å². The van der Waals surface area contributed by atoms with Gasteiger partial charge in [0.2, 0.25) is 11.8 Å². The predicted octanol–water partition coefficient (Wildman–Crippen LogP) is 1.90. The number of amides is 2. The molecule has 1 heterocycles. The Bertz CT molecular complexity index is 362. The molecular formula is C14H23NO4. The van der Waals surface area contributed by atoms with Gasteiger partial charge in [0.05, 0.1) is 12.0 Å².